The number of para-hydroxylation sites is 1. The van der Waals surface area contributed by atoms with E-state index in [9.17, 15) is 13.2 Å². The van der Waals surface area contributed by atoms with Gasteiger partial charge < -0.3 is 10.1 Å². The molecule has 0 spiro atoms. The van der Waals surface area contributed by atoms with E-state index < -0.39 is 10.0 Å². The number of sulfonamides is 1. The normalized spacial score (nSPS) is 15.5. The molecular formula is C18H18Cl2N2O4S. The van der Waals surface area contributed by atoms with E-state index in [1.165, 1.54) is 16.4 Å². The monoisotopic (exact) mass is 428 g/mol. The minimum absolute atomic E-state index is 0.0650. The number of halogens is 2. The molecule has 0 aliphatic carbocycles. The quantitative estimate of drug-likeness (QED) is 0.714. The van der Waals surface area contributed by atoms with Crippen molar-refractivity contribution < 1.29 is 17.9 Å². The van der Waals surface area contributed by atoms with Crippen LogP contribution in [0, 0.1) is 0 Å². The predicted molar refractivity (Wildman–Crippen MR) is 105 cm³/mol. The first-order valence-corrected chi connectivity index (χ1v) is 10.5. The van der Waals surface area contributed by atoms with Crippen molar-refractivity contribution in [1.82, 2.24) is 4.31 Å². The molecule has 27 heavy (non-hydrogen) atoms. The highest BCUT2D eigenvalue weighted by Crippen LogP contribution is 2.29. The summed E-state index contributed by atoms with van der Waals surface area (Å²) in [5.41, 5.74) is 0.756. The number of hydrogen-bond donors (Lipinski definition) is 1. The van der Waals surface area contributed by atoms with Gasteiger partial charge in [0.25, 0.3) is 0 Å². The first-order valence-electron chi connectivity index (χ1n) is 8.28. The van der Waals surface area contributed by atoms with Crippen LogP contribution >= 0.6 is 23.2 Å². The Morgan fingerprint density at radius 3 is 2.37 bits per heavy atom. The van der Waals surface area contributed by atoms with Crippen LogP contribution in [-0.4, -0.2) is 51.4 Å². The van der Waals surface area contributed by atoms with Gasteiger partial charge in [0, 0.05) is 18.7 Å². The fourth-order valence-corrected chi connectivity index (χ4v) is 4.69. The Balaban J connectivity index is 1.76. The zero-order valence-corrected chi connectivity index (χ0v) is 16.6. The molecule has 1 fully saturated rings. The molecule has 2 aromatic carbocycles. The number of hydrogen-bond acceptors (Lipinski definition) is 5. The first kappa shape index (κ1) is 20.1. The van der Waals surface area contributed by atoms with Crippen LogP contribution in [0.3, 0.4) is 0 Å². The van der Waals surface area contributed by atoms with Gasteiger partial charge in [0.05, 0.1) is 40.4 Å². The topological polar surface area (TPSA) is 75.7 Å². The molecule has 0 atom stereocenters. The van der Waals surface area contributed by atoms with Crippen LogP contribution in [0.25, 0.3) is 0 Å². The second-order valence-electron chi connectivity index (χ2n) is 5.92. The minimum Gasteiger partial charge on any atom is -0.379 e. The highest BCUT2D eigenvalue weighted by Gasteiger charge is 2.26. The molecule has 144 valence electrons. The van der Waals surface area contributed by atoms with Crippen LogP contribution in [0.1, 0.15) is 10.4 Å². The third-order valence-corrected chi connectivity index (χ3v) is 6.68. The van der Waals surface area contributed by atoms with Gasteiger partial charge in [-0.2, -0.15) is 4.31 Å². The summed E-state index contributed by atoms with van der Waals surface area (Å²) in [7, 11) is -3.66. The van der Waals surface area contributed by atoms with Gasteiger partial charge in [0.1, 0.15) is 0 Å². The van der Waals surface area contributed by atoms with E-state index in [-0.39, 0.29) is 17.2 Å². The molecule has 9 heteroatoms. The van der Waals surface area contributed by atoms with Gasteiger partial charge in [0.2, 0.25) is 10.0 Å². The van der Waals surface area contributed by atoms with E-state index >= 15 is 0 Å². The van der Waals surface area contributed by atoms with Crippen molar-refractivity contribution in [1.29, 1.82) is 0 Å². The van der Waals surface area contributed by atoms with E-state index in [0.717, 1.165) is 0 Å². The Hall–Kier alpha value is -1.64. The molecule has 1 aliphatic heterocycles. The van der Waals surface area contributed by atoms with Crippen LogP contribution in [-0.2, 0) is 14.8 Å². The number of morpholine rings is 1. The van der Waals surface area contributed by atoms with Crippen molar-refractivity contribution >= 4 is 44.7 Å². The molecular weight excluding hydrogens is 411 g/mol. The van der Waals surface area contributed by atoms with Gasteiger partial charge in [0.15, 0.2) is 5.78 Å². The fraction of sp³-hybridized carbons (Fsp3) is 0.278. The molecule has 1 aliphatic rings. The molecule has 6 nitrogen and oxygen atoms in total. The Morgan fingerprint density at radius 2 is 1.70 bits per heavy atom. The van der Waals surface area contributed by atoms with E-state index in [1.54, 1.807) is 30.3 Å². The summed E-state index contributed by atoms with van der Waals surface area (Å²) in [5.74, 6) is -0.273. The number of rotatable bonds is 6. The number of ketones is 1. The van der Waals surface area contributed by atoms with Gasteiger partial charge in [-0.15, -0.1) is 0 Å². The molecule has 0 unspecified atom stereocenters. The molecule has 0 saturated carbocycles. The molecule has 1 heterocycles. The van der Waals surface area contributed by atoms with Gasteiger partial charge in [-0.25, -0.2) is 8.42 Å². The second kappa shape index (κ2) is 8.58. The molecule has 2 aromatic rings. The summed E-state index contributed by atoms with van der Waals surface area (Å²) in [6, 6.07) is 11.0. The Kier molecular flexibility index (Phi) is 6.39. The van der Waals surface area contributed by atoms with Crippen molar-refractivity contribution in [2.24, 2.45) is 0 Å². The summed E-state index contributed by atoms with van der Waals surface area (Å²) in [4.78, 5) is 12.6. The molecule has 1 N–H and O–H groups in total. The summed E-state index contributed by atoms with van der Waals surface area (Å²) < 4.78 is 32.0. The third-order valence-electron chi connectivity index (χ3n) is 4.15. The fourth-order valence-electron chi connectivity index (χ4n) is 2.70. The van der Waals surface area contributed by atoms with E-state index in [0.29, 0.717) is 47.6 Å². The average molecular weight is 429 g/mol. The zero-order valence-electron chi connectivity index (χ0n) is 14.3. The number of carbonyl (C=O) groups excluding carboxylic acids is 1. The maximum absolute atomic E-state index is 12.7. The summed E-state index contributed by atoms with van der Waals surface area (Å²) in [6.07, 6.45) is 0. The van der Waals surface area contributed by atoms with Crippen molar-refractivity contribution in [2.75, 3.05) is 38.2 Å². The molecule has 3 rings (SSSR count). The largest absolute Gasteiger partial charge is 0.379 e. The third kappa shape index (κ3) is 4.62. The maximum atomic E-state index is 12.7. The number of Topliss-reactive ketones (excluding diaryl/α,β-unsaturated/α-hetero) is 1. The zero-order chi connectivity index (χ0) is 19.4. The second-order valence-corrected chi connectivity index (χ2v) is 8.67. The van der Waals surface area contributed by atoms with Gasteiger partial charge in [-0.05, 0) is 24.3 Å². The van der Waals surface area contributed by atoms with Crippen LogP contribution in [0.2, 0.25) is 10.0 Å². The lowest BCUT2D eigenvalue weighted by Crippen LogP contribution is -2.40. The predicted octanol–water partition coefficient (Wildman–Crippen LogP) is 3.31. The summed E-state index contributed by atoms with van der Waals surface area (Å²) in [6.45, 7) is 1.26. The molecule has 1 saturated heterocycles. The number of nitrogens with zero attached hydrogens (tertiary/aromatic N) is 1. The molecule has 0 aromatic heterocycles. The van der Waals surface area contributed by atoms with Gasteiger partial charge >= 0.3 is 0 Å². The Morgan fingerprint density at radius 1 is 1.07 bits per heavy atom. The van der Waals surface area contributed by atoms with E-state index in [4.69, 9.17) is 27.9 Å². The maximum Gasteiger partial charge on any atom is 0.243 e. The van der Waals surface area contributed by atoms with Gasteiger partial charge in [-0.1, -0.05) is 41.4 Å². The van der Waals surface area contributed by atoms with Crippen LogP contribution in [0.5, 0.6) is 0 Å². The lowest BCUT2D eigenvalue weighted by Gasteiger charge is -2.26. The minimum atomic E-state index is -3.66. The van der Waals surface area contributed by atoms with E-state index in [2.05, 4.69) is 5.32 Å². The van der Waals surface area contributed by atoms with Crippen molar-refractivity contribution in [3.8, 4) is 0 Å². The lowest BCUT2D eigenvalue weighted by atomic mass is 10.1. The number of carbonyl (C=O) groups is 1. The Bertz CT molecular complexity index is 924. The van der Waals surface area contributed by atoms with Crippen molar-refractivity contribution in [2.45, 2.75) is 4.90 Å². The number of ether oxygens (including phenoxy) is 1. The first-order chi connectivity index (χ1) is 12.9. The SMILES string of the molecule is O=C(CNc1c(Cl)cccc1Cl)c1cccc(S(=O)(=O)N2CCOCC2)c1. The number of anilines is 1. The van der Waals surface area contributed by atoms with Crippen LogP contribution < -0.4 is 5.32 Å². The standard InChI is InChI=1S/C18H18Cl2N2O4S/c19-15-5-2-6-16(20)18(15)21-12-17(23)13-3-1-4-14(11-13)27(24,25)22-7-9-26-10-8-22/h1-6,11,21H,7-10,12H2. The highest BCUT2D eigenvalue weighted by molar-refractivity contribution is 7.89. The Labute approximate surface area is 168 Å². The average Bonchev–Trinajstić information content (AvgIpc) is 2.68. The van der Waals surface area contributed by atoms with Crippen LogP contribution in [0.4, 0.5) is 5.69 Å². The number of benzene rings is 2. The van der Waals surface area contributed by atoms with Gasteiger partial charge in [-0.3, -0.25) is 4.79 Å². The van der Waals surface area contributed by atoms with Crippen LogP contribution in [0.15, 0.2) is 47.4 Å². The summed E-state index contributed by atoms with van der Waals surface area (Å²) >= 11 is 12.2. The lowest BCUT2D eigenvalue weighted by molar-refractivity contribution is 0.0730. The smallest absolute Gasteiger partial charge is 0.243 e. The molecule has 0 radical (unpaired) electrons. The molecule has 0 bridgehead atoms. The molecule has 0 amide bonds. The number of nitrogens with one attached hydrogen (secondary N) is 1. The van der Waals surface area contributed by atoms with Crippen molar-refractivity contribution in [3.63, 3.8) is 0 Å². The van der Waals surface area contributed by atoms with Crippen molar-refractivity contribution in [3.05, 3.63) is 58.1 Å². The highest BCUT2D eigenvalue weighted by atomic mass is 35.5. The summed E-state index contributed by atoms with van der Waals surface area (Å²) in [5, 5.41) is 3.71. The van der Waals surface area contributed by atoms with E-state index in [1.807, 2.05) is 0 Å².